The molecule has 0 unspecified atom stereocenters. The monoisotopic (exact) mass is 920 g/mol. The summed E-state index contributed by atoms with van der Waals surface area (Å²) in [4.78, 5) is 32.8. The van der Waals surface area contributed by atoms with Gasteiger partial charge in [0.25, 0.3) is 5.56 Å². The fraction of sp³-hybridized carbons (Fsp3) is 0.219. The standard InChI is InChI=1S/C32H25Br2Cl2IN2O6S/c1-5-44-31(41)27-15(2)38-32-39(28(27)19-12-24(42-3)25(43-4)13-20(19)34)30(40)26(46-32)10-17-9-18(33)11-23(37)29(17)45-14-16-6-7-21(35)22(36)8-16/h6-13,28H,5,14H2,1-4H3/b26-10-/t28-/m1/s1. The van der Waals surface area contributed by atoms with E-state index in [9.17, 15) is 9.59 Å². The van der Waals surface area contributed by atoms with E-state index in [-0.39, 0.29) is 24.3 Å². The van der Waals surface area contributed by atoms with Crippen molar-refractivity contribution >= 4 is 101 Å². The molecule has 2 heterocycles. The minimum Gasteiger partial charge on any atom is -0.493 e. The van der Waals surface area contributed by atoms with Crippen molar-refractivity contribution in [3.05, 3.63) is 113 Å². The molecule has 0 fully saturated rings. The molecule has 3 aromatic carbocycles. The van der Waals surface area contributed by atoms with Gasteiger partial charge in [0.2, 0.25) is 0 Å². The molecule has 0 saturated carbocycles. The number of aromatic nitrogens is 1. The van der Waals surface area contributed by atoms with Gasteiger partial charge in [0.1, 0.15) is 12.4 Å². The largest absolute Gasteiger partial charge is 0.493 e. The van der Waals surface area contributed by atoms with Gasteiger partial charge in [-0.05, 0) is 90.0 Å². The van der Waals surface area contributed by atoms with Crippen LogP contribution in [0, 0.1) is 3.57 Å². The van der Waals surface area contributed by atoms with Crippen LogP contribution >= 0.6 is 89.0 Å². The number of halogens is 5. The maximum Gasteiger partial charge on any atom is 0.338 e. The van der Waals surface area contributed by atoms with Crippen LogP contribution in [0.2, 0.25) is 10.0 Å². The van der Waals surface area contributed by atoms with Gasteiger partial charge < -0.3 is 18.9 Å². The van der Waals surface area contributed by atoms with Gasteiger partial charge in [-0.3, -0.25) is 9.36 Å². The van der Waals surface area contributed by atoms with Crippen LogP contribution in [0.4, 0.5) is 0 Å². The molecule has 4 aromatic rings. The SMILES string of the molecule is CCOC(=O)C1=C(C)N=c2s/c(=C\c3cc(Br)cc(I)c3OCc3ccc(Cl)c(Cl)c3)c(=O)n2[C@@H]1c1cc(OC)c(OC)cc1Br. The summed E-state index contributed by atoms with van der Waals surface area (Å²) in [6.07, 6.45) is 1.77. The number of allylic oxidation sites excluding steroid dienone is 1. The average molecular weight is 923 g/mol. The summed E-state index contributed by atoms with van der Waals surface area (Å²) in [6, 6.07) is 11.7. The molecular weight excluding hydrogens is 898 g/mol. The van der Waals surface area contributed by atoms with Crippen LogP contribution in [0.3, 0.4) is 0 Å². The summed E-state index contributed by atoms with van der Waals surface area (Å²) in [7, 11) is 3.06. The van der Waals surface area contributed by atoms with Gasteiger partial charge in [0.05, 0.1) is 56.3 Å². The lowest BCUT2D eigenvalue weighted by atomic mass is 9.95. The van der Waals surface area contributed by atoms with E-state index in [1.165, 1.54) is 30.1 Å². The molecule has 0 aliphatic carbocycles. The van der Waals surface area contributed by atoms with E-state index >= 15 is 0 Å². The summed E-state index contributed by atoms with van der Waals surface area (Å²) in [5.74, 6) is 0.947. The Balaban J connectivity index is 1.68. The molecule has 0 radical (unpaired) electrons. The topological polar surface area (TPSA) is 88.4 Å². The van der Waals surface area contributed by atoms with Crippen LogP contribution in [-0.2, 0) is 16.1 Å². The zero-order valence-corrected chi connectivity index (χ0v) is 32.4. The number of thiazole rings is 1. The molecule has 0 amide bonds. The highest BCUT2D eigenvalue weighted by atomic mass is 127. The number of carbonyl (C=O) groups excluding carboxylic acids is 1. The molecule has 8 nitrogen and oxygen atoms in total. The van der Waals surface area contributed by atoms with Crippen LogP contribution in [0.15, 0.2) is 72.5 Å². The van der Waals surface area contributed by atoms with E-state index in [0.29, 0.717) is 57.9 Å². The Labute approximate surface area is 309 Å². The summed E-state index contributed by atoms with van der Waals surface area (Å²) in [5.41, 5.74) is 2.47. The number of fused-ring (bicyclic) bond motifs is 1. The first kappa shape index (κ1) is 35.0. The number of esters is 1. The normalized spacial score (nSPS) is 14.5. The van der Waals surface area contributed by atoms with Crippen molar-refractivity contribution in [1.29, 1.82) is 0 Å². The molecule has 1 aromatic heterocycles. The van der Waals surface area contributed by atoms with Crippen molar-refractivity contribution in [3.8, 4) is 17.2 Å². The summed E-state index contributed by atoms with van der Waals surface area (Å²) < 4.78 is 26.9. The second kappa shape index (κ2) is 14.8. The molecular formula is C32H25Br2Cl2IN2O6S. The maximum atomic E-state index is 14.3. The Morgan fingerprint density at radius 2 is 1.80 bits per heavy atom. The number of nitrogens with zero attached hydrogens (tertiary/aromatic N) is 2. The van der Waals surface area contributed by atoms with E-state index in [1.54, 1.807) is 44.2 Å². The Bertz CT molecular complexity index is 2080. The van der Waals surface area contributed by atoms with Crippen molar-refractivity contribution in [1.82, 2.24) is 4.57 Å². The van der Waals surface area contributed by atoms with E-state index in [0.717, 1.165) is 13.6 Å². The van der Waals surface area contributed by atoms with Gasteiger partial charge in [-0.1, -0.05) is 72.5 Å². The van der Waals surface area contributed by atoms with E-state index in [1.807, 2.05) is 18.2 Å². The van der Waals surface area contributed by atoms with Crippen molar-refractivity contribution in [2.45, 2.75) is 26.5 Å². The zero-order chi connectivity index (χ0) is 33.3. The van der Waals surface area contributed by atoms with Crippen molar-refractivity contribution < 1.29 is 23.7 Å². The van der Waals surface area contributed by atoms with Gasteiger partial charge in [0, 0.05) is 14.5 Å². The molecule has 0 bridgehead atoms. The fourth-order valence-electron chi connectivity index (χ4n) is 4.93. The first-order valence-electron chi connectivity index (χ1n) is 13.6. The number of rotatable bonds is 9. The third kappa shape index (κ3) is 7.07. The van der Waals surface area contributed by atoms with E-state index in [2.05, 4.69) is 59.4 Å². The minimum absolute atomic E-state index is 0.159. The predicted molar refractivity (Wildman–Crippen MR) is 195 cm³/mol. The van der Waals surface area contributed by atoms with Crippen molar-refractivity contribution in [3.63, 3.8) is 0 Å². The molecule has 1 aliphatic heterocycles. The molecule has 0 spiro atoms. The number of benzene rings is 3. The van der Waals surface area contributed by atoms with Crippen LogP contribution in [0.5, 0.6) is 17.2 Å². The number of carbonyl (C=O) groups is 1. The maximum absolute atomic E-state index is 14.3. The highest BCUT2D eigenvalue weighted by Gasteiger charge is 2.35. The number of methoxy groups -OCH3 is 2. The number of hydrogen-bond donors (Lipinski definition) is 0. The van der Waals surface area contributed by atoms with Gasteiger partial charge in [-0.25, -0.2) is 9.79 Å². The fourth-order valence-corrected chi connectivity index (χ4v) is 8.53. The summed E-state index contributed by atoms with van der Waals surface area (Å²) in [6.45, 7) is 3.85. The molecule has 1 atom stereocenters. The number of hydrogen-bond acceptors (Lipinski definition) is 8. The second-order valence-electron chi connectivity index (χ2n) is 9.87. The minimum atomic E-state index is -0.861. The molecule has 5 rings (SSSR count). The molecule has 14 heteroatoms. The Hall–Kier alpha value is -2.36. The lowest BCUT2D eigenvalue weighted by Gasteiger charge is -2.26. The second-order valence-corrected chi connectivity index (χ2v) is 14.6. The predicted octanol–water partition coefficient (Wildman–Crippen LogP) is 7.83. The lowest BCUT2D eigenvalue weighted by molar-refractivity contribution is -0.139. The van der Waals surface area contributed by atoms with Gasteiger partial charge in [-0.2, -0.15) is 0 Å². The first-order valence-corrected chi connectivity index (χ1v) is 17.9. The third-order valence-corrected chi connectivity index (χ3v) is 10.7. The van der Waals surface area contributed by atoms with Gasteiger partial charge >= 0.3 is 5.97 Å². The summed E-state index contributed by atoms with van der Waals surface area (Å²) >= 11 is 22.9. The van der Waals surface area contributed by atoms with Crippen LogP contribution in [0.25, 0.3) is 6.08 Å². The Morgan fingerprint density at radius 1 is 1.09 bits per heavy atom. The van der Waals surface area contributed by atoms with Crippen LogP contribution < -0.4 is 29.1 Å². The van der Waals surface area contributed by atoms with Crippen LogP contribution in [0.1, 0.15) is 36.6 Å². The van der Waals surface area contributed by atoms with Gasteiger partial charge in [-0.15, -0.1) is 0 Å². The highest BCUT2D eigenvalue weighted by Crippen LogP contribution is 2.41. The van der Waals surface area contributed by atoms with Gasteiger partial charge in [0.15, 0.2) is 16.3 Å². The molecule has 240 valence electrons. The number of ether oxygens (including phenoxy) is 4. The lowest BCUT2D eigenvalue weighted by Crippen LogP contribution is -2.40. The van der Waals surface area contributed by atoms with Crippen LogP contribution in [-0.4, -0.2) is 31.4 Å². The quantitative estimate of drug-likeness (QED) is 0.126. The summed E-state index contributed by atoms with van der Waals surface area (Å²) in [5, 5.41) is 0.891. The third-order valence-electron chi connectivity index (χ3n) is 7.01. The highest BCUT2D eigenvalue weighted by molar-refractivity contribution is 14.1. The van der Waals surface area contributed by atoms with E-state index < -0.39 is 12.0 Å². The van der Waals surface area contributed by atoms with E-state index in [4.69, 9.17) is 42.1 Å². The zero-order valence-electron chi connectivity index (χ0n) is 24.8. The molecule has 1 aliphatic rings. The van der Waals surface area contributed by atoms with Crippen molar-refractivity contribution in [2.75, 3.05) is 20.8 Å². The average Bonchev–Trinajstić information content (AvgIpc) is 3.31. The molecule has 46 heavy (non-hydrogen) atoms. The Kier molecular flexibility index (Phi) is 11.3. The first-order chi connectivity index (χ1) is 22.0. The van der Waals surface area contributed by atoms with Crippen molar-refractivity contribution in [2.24, 2.45) is 4.99 Å². The molecule has 0 saturated heterocycles. The smallest absolute Gasteiger partial charge is 0.338 e. The molecule has 0 N–H and O–H groups in total. The Morgan fingerprint density at radius 3 is 2.48 bits per heavy atom.